The zero-order valence-corrected chi connectivity index (χ0v) is 20.1. The van der Waals surface area contributed by atoms with Crippen molar-refractivity contribution < 1.29 is 29.0 Å². The van der Waals surface area contributed by atoms with Gasteiger partial charge in [0.2, 0.25) is 5.91 Å². The van der Waals surface area contributed by atoms with E-state index in [1.165, 1.54) is 6.92 Å². The number of rotatable bonds is 8. The van der Waals surface area contributed by atoms with Crippen LogP contribution in [0.1, 0.15) is 24.0 Å². The van der Waals surface area contributed by atoms with E-state index in [4.69, 9.17) is 9.47 Å². The number of carbonyl (C=O) groups is 3. The van der Waals surface area contributed by atoms with Crippen molar-refractivity contribution in [3.63, 3.8) is 0 Å². The van der Waals surface area contributed by atoms with Crippen LogP contribution in [0.25, 0.3) is 11.1 Å². The summed E-state index contributed by atoms with van der Waals surface area (Å²) in [7, 11) is 3.56. The van der Waals surface area contributed by atoms with Gasteiger partial charge < -0.3 is 30.1 Å². The maximum absolute atomic E-state index is 13.0. The predicted octanol–water partition coefficient (Wildman–Crippen LogP) is 2.06. The van der Waals surface area contributed by atoms with E-state index in [9.17, 15) is 19.5 Å². The summed E-state index contributed by atoms with van der Waals surface area (Å²) in [6, 6.07) is 14.5. The fourth-order valence-electron chi connectivity index (χ4n) is 4.70. The molecule has 3 atom stereocenters. The number of nitrogens with one attached hydrogen (secondary N) is 2. The Morgan fingerprint density at radius 3 is 2.29 bits per heavy atom. The molecule has 1 heterocycles. The monoisotopic (exact) mass is 481 g/mol. The van der Waals surface area contributed by atoms with Gasteiger partial charge in [-0.1, -0.05) is 48.5 Å². The van der Waals surface area contributed by atoms with Crippen LogP contribution in [-0.4, -0.2) is 80.5 Å². The molecule has 1 aliphatic carbocycles. The number of aliphatic carboxylic acids is 1. The molecule has 9 nitrogen and oxygen atoms in total. The van der Waals surface area contributed by atoms with Crippen molar-refractivity contribution in [2.75, 3.05) is 40.5 Å². The summed E-state index contributed by atoms with van der Waals surface area (Å²) in [4.78, 5) is 39.2. The second kappa shape index (κ2) is 10.1. The molecule has 35 heavy (non-hydrogen) atoms. The van der Waals surface area contributed by atoms with Gasteiger partial charge in [0, 0.05) is 12.5 Å². The zero-order valence-electron chi connectivity index (χ0n) is 20.1. The molecule has 2 aromatic carbocycles. The molecule has 0 aromatic heterocycles. The fraction of sp³-hybridized carbons (Fsp3) is 0.423. The summed E-state index contributed by atoms with van der Waals surface area (Å²) in [5.74, 6) is -1.63. The molecule has 2 aliphatic rings. The van der Waals surface area contributed by atoms with Crippen molar-refractivity contribution in [1.29, 1.82) is 0 Å². The largest absolute Gasteiger partial charge is 0.481 e. The van der Waals surface area contributed by atoms with Crippen LogP contribution >= 0.6 is 0 Å². The van der Waals surface area contributed by atoms with Gasteiger partial charge in [0.05, 0.1) is 19.3 Å². The normalized spacial score (nSPS) is 21.8. The van der Waals surface area contributed by atoms with Crippen LogP contribution in [0.15, 0.2) is 48.5 Å². The molecule has 2 amide bonds. The molecule has 1 saturated heterocycles. The highest BCUT2D eigenvalue weighted by atomic mass is 16.5. The molecule has 2 aromatic rings. The Morgan fingerprint density at radius 1 is 1.11 bits per heavy atom. The topological polar surface area (TPSA) is 117 Å². The minimum Gasteiger partial charge on any atom is -0.481 e. The van der Waals surface area contributed by atoms with E-state index in [0.29, 0.717) is 0 Å². The van der Waals surface area contributed by atoms with Gasteiger partial charge in [-0.3, -0.25) is 9.59 Å². The number of hydrogen-bond donors (Lipinski definition) is 3. The SMILES string of the molecule is CN(C)C[C@H](NC(=O)OCC1c2ccccc2-c2ccccc21)C(=O)NC1COCC1(C)C(=O)O. The second-order valence-electron chi connectivity index (χ2n) is 9.58. The number of carboxylic acid groups (broad SMARTS) is 1. The Morgan fingerprint density at radius 2 is 1.71 bits per heavy atom. The number of ether oxygens (including phenoxy) is 2. The van der Waals surface area contributed by atoms with Crippen LogP contribution in [-0.2, 0) is 19.1 Å². The number of alkyl carbamates (subject to hydrolysis) is 1. The van der Waals surface area contributed by atoms with E-state index in [1.807, 2.05) is 36.4 Å². The van der Waals surface area contributed by atoms with Gasteiger partial charge in [0.25, 0.3) is 0 Å². The summed E-state index contributed by atoms with van der Waals surface area (Å²) in [5.41, 5.74) is 3.21. The van der Waals surface area contributed by atoms with Gasteiger partial charge in [-0.25, -0.2) is 4.79 Å². The Kier molecular flexibility index (Phi) is 7.09. The van der Waals surface area contributed by atoms with Crippen LogP contribution in [0.4, 0.5) is 4.79 Å². The van der Waals surface area contributed by atoms with Crippen LogP contribution < -0.4 is 10.6 Å². The molecule has 1 fully saturated rings. The number of hydrogen-bond acceptors (Lipinski definition) is 6. The highest BCUT2D eigenvalue weighted by molar-refractivity contribution is 5.87. The van der Waals surface area contributed by atoms with Crippen LogP contribution in [0, 0.1) is 5.41 Å². The first-order valence-electron chi connectivity index (χ1n) is 11.6. The van der Waals surface area contributed by atoms with Gasteiger partial charge in [0.1, 0.15) is 18.1 Å². The van der Waals surface area contributed by atoms with Crippen LogP contribution in [0.2, 0.25) is 0 Å². The third-order valence-electron chi connectivity index (χ3n) is 6.76. The summed E-state index contributed by atoms with van der Waals surface area (Å²) >= 11 is 0. The number of likely N-dealkylation sites (N-methyl/N-ethyl adjacent to an activating group) is 1. The van der Waals surface area contributed by atoms with Crippen LogP contribution in [0.5, 0.6) is 0 Å². The summed E-state index contributed by atoms with van der Waals surface area (Å²) in [6.45, 7) is 1.98. The summed E-state index contributed by atoms with van der Waals surface area (Å²) in [6.07, 6.45) is -0.711. The number of amides is 2. The number of carbonyl (C=O) groups excluding carboxylic acids is 2. The molecule has 0 spiro atoms. The lowest BCUT2D eigenvalue weighted by atomic mass is 9.85. The predicted molar refractivity (Wildman–Crippen MR) is 129 cm³/mol. The van der Waals surface area contributed by atoms with Crippen molar-refractivity contribution in [3.05, 3.63) is 59.7 Å². The first-order chi connectivity index (χ1) is 16.7. The molecule has 1 aliphatic heterocycles. The molecule has 9 heteroatoms. The quantitative estimate of drug-likeness (QED) is 0.528. The highest BCUT2D eigenvalue weighted by Gasteiger charge is 2.48. The minimum atomic E-state index is -1.23. The average molecular weight is 482 g/mol. The van der Waals surface area contributed by atoms with Gasteiger partial charge >= 0.3 is 12.1 Å². The molecular formula is C26H31N3O6. The Bertz CT molecular complexity index is 1070. The van der Waals surface area contributed by atoms with E-state index in [-0.39, 0.29) is 32.3 Å². The van der Waals surface area contributed by atoms with Gasteiger partial charge in [-0.15, -0.1) is 0 Å². The fourth-order valence-corrected chi connectivity index (χ4v) is 4.70. The number of benzene rings is 2. The third kappa shape index (κ3) is 5.01. The summed E-state index contributed by atoms with van der Waals surface area (Å²) < 4.78 is 10.9. The van der Waals surface area contributed by atoms with Crippen LogP contribution in [0.3, 0.4) is 0 Å². The van der Waals surface area contributed by atoms with E-state index in [0.717, 1.165) is 22.3 Å². The van der Waals surface area contributed by atoms with E-state index in [2.05, 4.69) is 22.8 Å². The molecule has 2 unspecified atom stereocenters. The van der Waals surface area contributed by atoms with E-state index in [1.54, 1.807) is 19.0 Å². The van der Waals surface area contributed by atoms with Crippen molar-refractivity contribution in [1.82, 2.24) is 15.5 Å². The second-order valence-corrected chi connectivity index (χ2v) is 9.58. The van der Waals surface area contributed by atoms with Gasteiger partial charge in [-0.2, -0.15) is 0 Å². The third-order valence-corrected chi connectivity index (χ3v) is 6.76. The number of fused-ring (bicyclic) bond motifs is 3. The Balaban J connectivity index is 1.41. The zero-order chi connectivity index (χ0) is 25.2. The first-order valence-corrected chi connectivity index (χ1v) is 11.6. The smallest absolute Gasteiger partial charge is 0.407 e. The van der Waals surface area contributed by atoms with Gasteiger partial charge in [0.15, 0.2) is 0 Å². The average Bonchev–Trinajstić information content (AvgIpc) is 3.35. The van der Waals surface area contributed by atoms with Gasteiger partial charge in [-0.05, 0) is 43.3 Å². The number of nitrogens with zero attached hydrogens (tertiary/aromatic N) is 1. The molecule has 0 bridgehead atoms. The Hall–Kier alpha value is -3.43. The van der Waals surface area contributed by atoms with E-state index >= 15 is 0 Å². The molecule has 186 valence electrons. The minimum absolute atomic E-state index is 0.00539. The molecular weight excluding hydrogens is 450 g/mol. The van der Waals surface area contributed by atoms with E-state index < -0.39 is 35.5 Å². The Labute approximate surface area is 204 Å². The lowest BCUT2D eigenvalue weighted by Crippen LogP contribution is -2.57. The molecule has 0 radical (unpaired) electrons. The van der Waals surface area contributed by atoms with Crippen molar-refractivity contribution in [2.24, 2.45) is 5.41 Å². The molecule has 0 saturated carbocycles. The maximum atomic E-state index is 13.0. The standard InChI is InChI=1S/C26H31N3O6/c1-26(24(31)32)15-34-14-22(26)28-23(30)21(12-29(2)3)27-25(33)35-13-20-18-10-6-4-8-16(18)17-9-5-7-11-19(17)20/h4-11,20-22H,12-15H2,1-3H3,(H,27,33)(H,28,30)(H,31,32)/t21-,22?,26?/m0/s1. The first kappa shape index (κ1) is 24.7. The van der Waals surface area contributed by atoms with Crippen molar-refractivity contribution in [3.8, 4) is 11.1 Å². The lowest BCUT2D eigenvalue weighted by molar-refractivity contribution is -0.149. The van der Waals surface area contributed by atoms with Crippen molar-refractivity contribution in [2.45, 2.75) is 24.9 Å². The maximum Gasteiger partial charge on any atom is 0.407 e. The van der Waals surface area contributed by atoms with Crippen molar-refractivity contribution >= 4 is 18.0 Å². The number of carboxylic acids is 1. The lowest BCUT2D eigenvalue weighted by Gasteiger charge is -2.28. The molecule has 4 rings (SSSR count). The molecule has 3 N–H and O–H groups in total. The highest BCUT2D eigenvalue weighted by Crippen LogP contribution is 2.44. The summed E-state index contributed by atoms with van der Waals surface area (Å²) in [5, 5.41) is 15.0.